The number of rotatable bonds is 10. The van der Waals surface area contributed by atoms with Crippen LogP contribution in [0.1, 0.15) is 18.2 Å². The largest absolute Gasteiger partial charge is 0.489 e. The second-order valence-electron chi connectivity index (χ2n) is 7.08. The maximum Gasteiger partial charge on any atom is 0.432 e. The summed E-state index contributed by atoms with van der Waals surface area (Å²) in [6.45, 7) is 3.83. The van der Waals surface area contributed by atoms with Crippen molar-refractivity contribution in [2.75, 3.05) is 38.4 Å². The number of aromatic amines is 1. The number of imidazole rings is 1. The lowest BCUT2D eigenvalue weighted by Gasteiger charge is -2.13. The van der Waals surface area contributed by atoms with Crippen LogP contribution in [0.4, 0.5) is 18.9 Å². The van der Waals surface area contributed by atoms with E-state index >= 15 is 0 Å². The Kier molecular flexibility index (Phi) is 9.29. The summed E-state index contributed by atoms with van der Waals surface area (Å²) in [6, 6.07) is 13.5. The van der Waals surface area contributed by atoms with E-state index in [1.54, 1.807) is 24.3 Å². The van der Waals surface area contributed by atoms with E-state index in [9.17, 15) is 18.0 Å². The third-order valence-corrected chi connectivity index (χ3v) is 4.54. The number of aromatic nitrogens is 2. The molecule has 35 heavy (non-hydrogen) atoms. The van der Waals surface area contributed by atoms with Crippen molar-refractivity contribution in [3.63, 3.8) is 0 Å². The van der Waals surface area contributed by atoms with Crippen molar-refractivity contribution in [2.24, 2.45) is 0 Å². The maximum absolute atomic E-state index is 12.9. The fraction of sp³-hybridized carbons (Fsp3) is 0.280. The smallest absolute Gasteiger partial charge is 0.432 e. The molecular weight excluding hydrogens is 463 g/mol. The molecule has 10 heteroatoms. The zero-order chi connectivity index (χ0) is 25.1. The molecule has 0 atom stereocenters. The van der Waals surface area contributed by atoms with E-state index in [0.29, 0.717) is 42.9 Å². The van der Waals surface area contributed by atoms with Gasteiger partial charge in [-0.2, -0.15) is 13.2 Å². The van der Waals surface area contributed by atoms with Crippen LogP contribution in [0.3, 0.4) is 0 Å². The highest BCUT2D eigenvalue weighted by Crippen LogP contribution is 2.32. The minimum absolute atomic E-state index is 0.00555. The molecule has 0 spiro atoms. The van der Waals surface area contributed by atoms with Gasteiger partial charge in [-0.3, -0.25) is 4.79 Å². The molecule has 3 rings (SSSR count). The summed E-state index contributed by atoms with van der Waals surface area (Å²) < 4.78 is 55.2. The zero-order valence-electron chi connectivity index (χ0n) is 18.9. The molecule has 0 aliphatic carbocycles. The molecule has 1 aromatic heterocycles. The number of nitrogens with one attached hydrogen (secondary N) is 2. The predicted octanol–water partition coefficient (Wildman–Crippen LogP) is 4.52. The highest BCUT2D eigenvalue weighted by molar-refractivity contribution is 6.05. The topological polar surface area (TPSA) is 85.5 Å². The Bertz CT molecular complexity index is 1170. The number of H-pyrrole nitrogens is 1. The molecule has 0 fully saturated rings. The van der Waals surface area contributed by atoms with Crippen LogP contribution in [0.5, 0.6) is 5.75 Å². The average molecular weight is 487 g/mol. The van der Waals surface area contributed by atoms with Crippen LogP contribution in [-0.2, 0) is 20.4 Å². The van der Waals surface area contributed by atoms with Crippen LogP contribution in [0.25, 0.3) is 11.4 Å². The first-order valence-electron chi connectivity index (χ1n) is 10.8. The van der Waals surface area contributed by atoms with E-state index in [0.717, 1.165) is 0 Å². The lowest BCUT2D eigenvalue weighted by Crippen LogP contribution is -2.13. The van der Waals surface area contributed by atoms with Gasteiger partial charge in [-0.05, 0) is 37.3 Å². The average Bonchev–Trinajstić information content (AvgIpc) is 3.35. The normalized spacial score (nSPS) is 11.0. The molecule has 0 aliphatic rings. The van der Waals surface area contributed by atoms with Gasteiger partial charge in [0.05, 0.1) is 31.7 Å². The van der Waals surface area contributed by atoms with Gasteiger partial charge in [0.2, 0.25) is 0 Å². The first kappa shape index (κ1) is 25.8. The maximum atomic E-state index is 12.9. The number of carbonyl (C=O) groups is 1. The zero-order valence-corrected chi connectivity index (χ0v) is 18.9. The first-order chi connectivity index (χ1) is 16.9. The SMILES string of the molecule is CCOCCOCCOc1ccc(-c2ncc(C(F)(F)F)[nH]2)cc1NC(=O)C#Cc1ccccc1. The fourth-order valence-corrected chi connectivity index (χ4v) is 2.89. The summed E-state index contributed by atoms with van der Waals surface area (Å²) in [6.07, 6.45) is -3.84. The molecule has 2 N–H and O–H groups in total. The molecule has 0 saturated heterocycles. The monoisotopic (exact) mass is 487 g/mol. The standard InChI is InChI=1S/C25H24F3N3O4/c1-2-33-12-13-34-14-15-35-21-10-9-19(24-29-17-22(31-24)25(26,27)28)16-20(21)30-23(32)11-8-18-6-4-3-5-7-18/h3-7,9-10,16-17H,2,12-15H2,1H3,(H,29,31)(H,30,32). The van der Waals surface area contributed by atoms with Crippen molar-refractivity contribution in [3.05, 3.63) is 66.0 Å². The number of hydrogen-bond donors (Lipinski definition) is 2. The van der Waals surface area contributed by atoms with Gasteiger partial charge in [0.15, 0.2) is 0 Å². The highest BCUT2D eigenvalue weighted by atomic mass is 19.4. The summed E-state index contributed by atoms with van der Waals surface area (Å²) in [5.74, 6) is 4.92. The number of benzene rings is 2. The van der Waals surface area contributed by atoms with Gasteiger partial charge >= 0.3 is 12.1 Å². The number of halogens is 3. The quantitative estimate of drug-likeness (QED) is 0.325. The van der Waals surface area contributed by atoms with Crippen LogP contribution in [-0.4, -0.2) is 48.9 Å². The number of alkyl halides is 3. The minimum atomic E-state index is -4.56. The molecule has 0 bridgehead atoms. The van der Waals surface area contributed by atoms with Gasteiger partial charge in [-0.15, -0.1) is 0 Å². The van der Waals surface area contributed by atoms with Crippen molar-refractivity contribution >= 4 is 11.6 Å². The third kappa shape index (κ3) is 8.17. The Hall–Kier alpha value is -3.81. The molecule has 2 aromatic carbocycles. The molecule has 0 aliphatic heterocycles. The Morgan fingerprint density at radius 2 is 1.80 bits per heavy atom. The van der Waals surface area contributed by atoms with Crippen molar-refractivity contribution < 1.29 is 32.2 Å². The van der Waals surface area contributed by atoms with Crippen LogP contribution >= 0.6 is 0 Å². The van der Waals surface area contributed by atoms with Crippen LogP contribution in [0.15, 0.2) is 54.7 Å². The molecule has 184 valence electrons. The van der Waals surface area contributed by atoms with Gasteiger partial charge < -0.3 is 24.5 Å². The summed E-state index contributed by atoms with van der Waals surface area (Å²) in [7, 11) is 0. The number of hydrogen-bond acceptors (Lipinski definition) is 5. The van der Waals surface area contributed by atoms with E-state index in [2.05, 4.69) is 27.1 Å². The van der Waals surface area contributed by atoms with Gasteiger partial charge in [-0.25, -0.2) is 4.98 Å². The van der Waals surface area contributed by atoms with Crippen molar-refractivity contribution in [2.45, 2.75) is 13.1 Å². The molecule has 1 heterocycles. The summed E-state index contributed by atoms with van der Waals surface area (Å²) in [4.78, 5) is 18.5. The molecule has 0 saturated carbocycles. The summed E-state index contributed by atoms with van der Waals surface area (Å²) in [5, 5.41) is 2.63. The van der Waals surface area contributed by atoms with Gasteiger partial charge in [0.25, 0.3) is 0 Å². The number of ether oxygens (including phenoxy) is 3. The third-order valence-electron chi connectivity index (χ3n) is 4.54. The second kappa shape index (κ2) is 12.6. The van der Waals surface area contributed by atoms with E-state index in [1.165, 1.54) is 18.2 Å². The molecule has 3 aromatic rings. The number of nitrogens with zero attached hydrogens (tertiary/aromatic N) is 1. The lowest BCUT2D eigenvalue weighted by atomic mass is 10.1. The Morgan fingerprint density at radius 3 is 2.51 bits per heavy atom. The number of anilines is 1. The number of amides is 1. The van der Waals surface area contributed by atoms with Crippen molar-refractivity contribution in [1.29, 1.82) is 0 Å². The van der Waals surface area contributed by atoms with Crippen molar-refractivity contribution in [3.8, 4) is 29.0 Å². The first-order valence-corrected chi connectivity index (χ1v) is 10.8. The lowest BCUT2D eigenvalue weighted by molar-refractivity contribution is -0.140. The van der Waals surface area contributed by atoms with E-state index in [-0.39, 0.29) is 24.7 Å². The van der Waals surface area contributed by atoms with Gasteiger partial charge in [0, 0.05) is 23.7 Å². The van der Waals surface area contributed by atoms with E-state index in [1.807, 2.05) is 13.0 Å². The van der Waals surface area contributed by atoms with Gasteiger partial charge in [0.1, 0.15) is 23.9 Å². The summed E-state index contributed by atoms with van der Waals surface area (Å²) in [5.41, 5.74) is 0.241. The van der Waals surface area contributed by atoms with Crippen molar-refractivity contribution in [1.82, 2.24) is 9.97 Å². The summed E-state index contributed by atoms with van der Waals surface area (Å²) >= 11 is 0. The molecular formula is C25H24F3N3O4. The molecule has 0 unspecified atom stereocenters. The van der Waals surface area contributed by atoms with E-state index < -0.39 is 17.8 Å². The Labute approximate surface area is 200 Å². The Morgan fingerprint density at radius 1 is 1.06 bits per heavy atom. The highest BCUT2D eigenvalue weighted by Gasteiger charge is 2.33. The van der Waals surface area contributed by atoms with Crippen LogP contribution in [0, 0.1) is 11.8 Å². The number of carbonyl (C=O) groups excluding carboxylic acids is 1. The molecule has 1 amide bonds. The van der Waals surface area contributed by atoms with Gasteiger partial charge in [-0.1, -0.05) is 24.1 Å². The Balaban J connectivity index is 1.75. The molecule has 0 radical (unpaired) electrons. The van der Waals surface area contributed by atoms with E-state index in [4.69, 9.17) is 14.2 Å². The fourth-order valence-electron chi connectivity index (χ4n) is 2.89. The second-order valence-corrected chi connectivity index (χ2v) is 7.08. The minimum Gasteiger partial charge on any atom is -0.489 e. The van der Waals surface area contributed by atoms with Crippen LogP contribution in [0.2, 0.25) is 0 Å². The van der Waals surface area contributed by atoms with Crippen LogP contribution < -0.4 is 10.1 Å². The predicted molar refractivity (Wildman–Crippen MR) is 124 cm³/mol. The molecule has 7 nitrogen and oxygen atoms in total.